The van der Waals surface area contributed by atoms with Crippen molar-refractivity contribution in [2.45, 2.75) is 33.4 Å². The van der Waals surface area contributed by atoms with Gasteiger partial charge in [-0.2, -0.15) is 5.10 Å². The van der Waals surface area contributed by atoms with E-state index in [-0.39, 0.29) is 17.7 Å². The zero-order chi connectivity index (χ0) is 17.8. The number of hydrogen-bond donors (Lipinski definition) is 1. The predicted molar refractivity (Wildman–Crippen MR) is 94.7 cm³/mol. The number of benzene rings is 1. The first kappa shape index (κ1) is 17.2. The number of carbonyl (C=O) groups is 2. The lowest BCUT2D eigenvalue weighted by molar-refractivity contribution is -0.129. The van der Waals surface area contributed by atoms with E-state index in [9.17, 15) is 9.59 Å². The lowest BCUT2D eigenvalue weighted by Gasteiger charge is -2.16. The van der Waals surface area contributed by atoms with Gasteiger partial charge in [-0.1, -0.05) is 30.3 Å². The average Bonchev–Trinajstić information content (AvgIpc) is 3.11. The van der Waals surface area contributed by atoms with Crippen LogP contribution in [0.15, 0.2) is 36.4 Å². The molecule has 1 N–H and O–H groups in total. The first-order valence-electron chi connectivity index (χ1n) is 8.63. The molecule has 2 heterocycles. The molecule has 0 spiro atoms. The maximum Gasteiger partial charge on any atom is 0.225 e. The number of carbonyl (C=O) groups excluding carboxylic acids is 2. The summed E-state index contributed by atoms with van der Waals surface area (Å²) in [4.78, 5) is 26.3. The largest absolute Gasteiger partial charge is 0.354 e. The van der Waals surface area contributed by atoms with E-state index < -0.39 is 0 Å². The van der Waals surface area contributed by atoms with E-state index in [1.54, 1.807) is 4.90 Å². The second kappa shape index (κ2) is 7.51. The van der Waals surface area contributed by atoms with Crippen molar-refractivity contribution in [3.8, 4) is 0 Å². The van der Waals surface area contributed by atoms with Gasteiger partial charge in [0.05, 0.1) is 18.2 Å². The predicted octanol–water partition coefficient (Wildman–Crippen LogP) is 1.66. The van der Waals surface area contributed by atoms with Crippen LogP contribution >= 0.6 is 0 Å². The summed E-state index contributed by atoms with van der Waals surface area (Å²) in [5.74, 6) is -0.273. The van der Waals surface area contributed by atoms with Crippen molar-refractivity contribution in [2.24, 2.45) is 5.92 Å². The van der Waals surface area contributed by atoms with E-state index in [0.717, 1.165) is 17.0 Å². The van der Waals surface area contributed by atoms with E-state index >= 15 is 0 Å². The van der Waals surface area contributed by atoms with Gasteiger partial charge in [-0.25, -0.2) is 0 Å². The maximum absolute atomic E-state index is 12.3. The minimum Gasteiger partial charge on any atom is -0.354 e. The van der Waals surface area contributed by atoms with Gasteiger partial charge in [0.15, 0.2) is 0 Å². The molecule has 2 aromatic rings. The molecule has 1 aromatic carbocycles. The molecule has 6 nitrogen and oxygen atoms in total. The van der Waals surface area contributed by atoms with Crippen LogP contribution in [0.1, 0.15) is 23.4 Å². The van der Waals surface area contributed by atoms with Gasteiger partial charge in [0, 0.05) is 31.7 Å². The Morgan fingerprint density at radius 1 is 1.28 bits per heavy atom. The van der Waals surface area contributed by atoms with Gasteiger partial charge in [0.2, 0.25) is 11.8 Å². The molecule has 2 amide bonds. The van der Waals surface area contributed by atoms with Crippen LogP contribution in [0.4, 0.5) is 0 Å². The Morgan fingerprint density at radius 3 is 2.72 bits per heavy atom. The number of aromatic nitrogens is 2. The fraction of sp³-hybridized carbons (Fsp3) is 0.421. The Kier molecular flexibility index (Phi) is 5.16. The minimum absolute atomic E-state index is 0.0440. The number of aryl methyl sites for hydroxylation is 2. The highest BCUT2D eigenvalue weighted by atomic mass is 16.2. The zero-order valence-corrected chi connectivity index (χ0v) is 14.7. The highest BCUT2D eigenvalue weighted by molar-refractivity contribution is 5.89. The van der Waals surface area contributed by atoms with E-state index in [4.69, 9.17) is 0 Å². The van der Waals surface area contributed by atoms with Crippen LogP contribution in [0.3, 0.4) is 0 Å². The standard InChI is InChI=1S/C19H24N4O2/c1-14-10-15(2)23(21-14)9-8-20-19(25)17-11-18(24)22(13-17)12-16-6-4-3-5-7-16/h3-7,10,17H,8-9,11-13H2,1-2H3,(H,20,25). The van der Waals surface area contributed by atoms with Crippen LogP contribution in [0.5, 0.6) is 0 Å². The maximum atomic E-state index is 12.3. The first-order chi connectivity index (χ1) is 12.0. The smallest absolute Gasteiger partial charge is 0.225 e. The van der Waals surface area contributed by atoms with Crippen LogP contribution < -0.4 is 5.32 Å². The Morgan fingerprint density at radius 2 is 2.04 bits per heavy atom. The van der Waals surface area contributed by atoms with E-state index in [2.05, 4.69) is 10.4 Å². The third kappa shape index (κ3) is 4.26. The minimum atomic E-state index is -0.267. The summed E-state index contributed by atoms with van der Waals surface area (Å²) in [6.07, 6.45) is 0.290. The van der Waals surface area contributed by atoms with Crippen molar-refractivity contribution < 1.29 is 9.59 Å². The quantitative estimate of drug-likeness (QED) is 0.870. The molecule has 25 heavy (non-hydrogen) atoms. The Bertz CT molecular complexity index is 754. The number of nitrogens with one attached hydrogen (secondary N) is 1. The second-order valence-electron chi connectivity index (χ2n) is 6.60. The molecule has 1 aliphatic heterocycles. The van der Waals surface area contributed by atoms with Crippen molar-refractivity contribution >= 4 is 11.8 Å². The van der Waals surface area contributed by atoms with Crippen molar-refractivity contribution in [3.05, 3.63) is 53.3 Å². The van der Waals surface area contributed by atoms with Crippen LogP contribution in [-0.2, 0) is 22.7 Å². The molecule has 1 saturated heterocycles. The molecule has 0 radical (unpaired) electrons. The van der Waals surface area contributed by atoms with Gasteiger partial charge in [-0.05, 0) is 25.5 Å². The van der Waals surface area contributed by atoms with Gasteiger partial charge >= 0.3 is 0 Å². The van der Waals surface area contributed by atoms with Crippen LogP contribution in [0.2, 0.25) is 0 Å². The number of hydrogen-bond acceptors (Lipinski definition) is 3. The Balaban J connectivity index is 1.48. The van der Waals surface area contributed by atoms with E-state index in [1.807, 2.05) is 54.9 Å². The molecule has 1 atom stereocenters. The lowest BCUT2D eigenvalue weighted by atomic mass is 10.1. The Hall–Kier alpha value is -2.63. The van der Waals surface area contributed by atoms with Gasteiger partial charge in [-0.15, -0.1) is 0 Å². The molecule has 0 aliphatic carbocycles. The van der Waals surface area contributed by atoms with Crippen molar-refractivity contribution in [3.63, 3.8) is 0 Å². The molecule has 0 saturated carbocycles. The highest BCUT2D eigenvalue weighted by Gasteiger charge is 2.33. The summed E-state index contributed by atoms with van der Waals surface area (Å²) in [6, 6.07) is 11.9. The molecule has 0 bridgehead atoms. The molecule has 1 fully saturated rings. The summed E-state index contributed by atoms with van der Waals surface area (Å²) >= 11 is 0. The van der Waals surface area contributed by atoms with Gasteiger partial charge in [-0.3, -0.25) is 14.3 Å². The summed E-state index contributed by atoms with van der Waals surface area (Å²) in [5.41, 5.74) is 3.14. The topological polar surface area (TPSA) is 67.2 Å². The normalized spacial score (nSPS) is 17.1. The van der Waals surface area contributed by atoms with Crippen LogP contribution in [0, 0.1) is 19.8 Å². The number of amides is 2. The second-order valence-corrected chi connectivity index (χ2v) is 6.60. The fourth-order valence-corrected chi connectivity index (χ4v) is 3.24. The van der Waals surface area contributed by atoms with E-state index in [0.29, 0.717) is 32.6 Å². The van der Waals surface area contributed by atoms with E-state index in [1.165, 1.54) is 0 Å². The third-order valence-corrected chi connectivity index (χ3v) is 4.53. The highest BCUT2D eigenvalue weighted by Crippen LogP contribution is 2.20. The fourth-order valence-electron chi connectivity index (χ4n) is 3.24. The molecule has 1 unspecified atom stereocenters. The molecular formula is C19H24N4O2. The lowest BCUT2D eigenvalue weighted by Crippen LogP contribution is -2.35. The van der Waals surface area contributed by atoms with Crippen molar-refractivity contribution in [1.29, 1.82) is 0 Å². The number of likely N-dealkylation sites (tertiary alicyclic amines) is 1. The number of rotatable bonds is 6. The molecule has 1 aliphatic rings. The SMILES string of the molecule is Cc1cc(C)n(CCNC(=O)C2CC(=O)N(Cc3ccccc3)C2)n1. The van der Waals surface area contributed by atoms with Gasteiger partial charge < -0.3 is 10.2 Å². The molecule has 6 heteroatoms. The van der Waals surface area contributed by atoms with Crippen LogP contribution in [-0.4, -0.2) is 39.6 Å². The summed E-state index contributed by atoms with van der Waals surface area (Å²) in [6.45, 7) is 6.16. The monoisotopic (exact) mass is 340 g/mol. The molecular weight excluding hydrogens is 316 g/mol. The molecule has 1 aromatic heterocycles. The van der Waals surface area contributed by atoms with Crippen molar-refractivity contribution in [2.75, 3.05) is 13.1 Å². The summed E-state index contributed by atoms with van der Waals surface area (Å²) in [5, 5.41) is 7.31. The van der Waals surface area contributed by atoms with Gasteiger partial charge in [0.1, 0.15) is 0 Å². The summed E-state index contributed by atoms with van der Waals surface area (Å²) < 4.78 is 1.89. The molecule has 132 valence electrons. The van der Waals surface area contributed by atoms with Gasteiger partial charge in [0.25, 0.3) is 0 Å². The zero-order valence-electron chi connectivity index (χ0n) is 14.7. The summed E-state index contributed by atoms with van der Waals surface area (Å²) in [7, 11) is 0. The average molecular weight is 340 g/mol. The van der Waals surface area contributed by atoms with Crippen molar-refractivity contribution in [1.82, 2.24) is 20.0 Å². The third-order valence-electron chi connectivity index (χ3n) is 4.53. The Labute approximate surface area is 147 Å². The molecule has 3 rings (SSSR count). The number of nitrogens with zero attached hydrogens (tertiary/aromatic N) is 3. The van der Waals surface area contributed by atoms with Crippen LogP contribution in [0.25, 0.3) is 0 Å². The first-order valence-corrected chi connectivity index (χ1v) is 8.63.